The molecule has 0 atom stereocenters. The summed E-state index contributed by atoms with van der Waals surface area (Å²) in [4.78, 5) is 0. The van der Waals surface area contributed by atoms with E-state index in [1.54, 1.807) is 0 Å². The first-order chi connectivity index (χ1) is 24.7. The Labute approximate surface area is 290 Å². The highest BCUT2D eigenvalue weighted by Crippen LogP contribution is 2.43. The topological polar surface area (TPSA) is 18.1 Å². The van der Waals surface area contributed by atoms with Gasteiger partial charge in [-0.2, -0.15) is 0 Å². The molecular weight excluding hydrogens is 607 g/mol. The van der Waals surface area contributed by atoms with Crippen LogP contribution >= 0.6 is 0 Å². The lowest BCUT2D eigenvalue weighted by molar-refractivity contribution is 0.666. The van der Waals surface area contributed by atoms with Crippen molar-refractivity contribution in [1.82, 2.24) is 4.57 Å². The molecule has 2 heterocycles. The number of aryl methyl sites for hydroxylation is 1. The summed E-state index contributed by atoms with van der Waals surface area (Å²) in [6.45, 7) is 4.53. The Morgan fingerprint density at radius 3 is 1.82 bits per heavy atom. The Hall–Kier alpha value is -6.12. The van der Waals surface area contributed by atoms with Gasteiger partial charge in [0.25, 0.3) is 0 Å². The predicted molar refractivity (Wildman–Crippen MR) is 213 cm³/mol. The van der Waals surface area contributed by atoms with Gasteiger partial charge in [0.05, 0.1) is 16.7 Å². The molecule has 0 bridgehead atoms. The summed E-state index contributed by atoms with van der Waals surface area (Å²) in [7, 11) is 0. The van der Waals surface area contributed by atoms with E-state index in [1.807, 2.05) is 0 Å². The van der Waals surface area contributed by atoms with Crippen LogP contribution in [0.1, 0.15) is 24.5 Å². The van der Waals surface area contributed by atoms with Crippen molar-refractivity contribution < 1.29 is 4.42 Å². The number of aromatic nitrogens is 1. The maximum absolute atomic E-state index is 6.92. The molecule has 0 saturated carbocycles. The minimum atomic E-state index is 0.913. The molecule has 0 amide bonds. The predicted octanol–water partition coefficient (Wildman–Crippen LogP) is 13.6. The molecule has 2 aromatic heterocycles. The van der Waals surface area contributed by atoms with Gasteiger partial charge < -0.3 is 8.98 Å². The monoisotopic (exact) mass is 641 g/mol. The molecule has 0 aliphatic heterocycles. The van der Waals surface area contributed by atoms with Crippen LogP contribution in [0.4, 0.5) is 0 Å². The fourth-order valence-corrected chi connectivity index (χ4v) is 8.47. The number of hydrogen-bond donors (Lipinski definition) is 0. The van der Waals surface area contributed by atoms with E-state index in [0.717, 1.165) is 40.5 Å². The molecule has 2 nitrogen and oxygen atoms in total. The van der Waals surface area contributed by atoms with E-state index in [9.17, 15) is 0 Å². The fourth-order valence-electron chi connectivity index (χ4n) is 8.47. The first-order valence-electron chi connectivity index (χ1n) is 17.7. The van der Waals surface area contributed by atoms with Crippen molar-refractivity contribution in [3.63, 3.8) is 0 Å². The Balaban J connectivity index is 1.20. The second-order valence-corrected chi connectivity index (χ2v) is 13.6. The van der Waals surface area contributed by atoms with Gasteiger partial charge >= 0.3 is 0 Å². The lowest BCUT2D eigenvalue weighted by Gasteiger charge is -2.19. The third-order valence-corrected chi connectivity index (χ3v) is 10.7. The van der Waals surface area contributed by atoms with Gasteiger partial charge in [-0.3, -0.25) is 0 Å². The third-order valence-electron chi connectivity index (χ3n) is 10.7. The molecule has 0 N–H and O–H groups in total. The van der Waals surface area contributed by atoms with Crippen LogP contribution in [-0.4, -0.2) is 4.57 Å². The summed E-state index contributed by atoms with van der Waals surface area (Å²) >= 11 is 0. The zero-order valence-corrected chi connectivity index (χ0v) is 28.2. The van der Waals surface area contributed by atoms with Crippen molar-refractivity contribution in [2.75, 3.05) is 0 Å². The van der Waals surface area contributed by atoms with Gasteiger partial charge in [-0.25, -0.2) is 0 Å². The molecule has 0 spiro atoms. The van der Waals surface area contributed by atoms with Crippen molar-refractivity contribution in [1.29, 1.82) is 0 Å². The van der Waals surface area contributed by atoms with E-state index in [0.29, 0.717) is 0 Å². The average Bonchev–Trinajstić information content (AvgIpc) is 3.70. The van der Waals surface area contributed by atoms with Gasteiger partial charge in [0.1, 0.15) is 5.58 Å². The summed E-state index contributed by atoms with van der Waals surface area (Å²) in [5.74, 6) is 0. The van der Waals surface area contributed by atoms with Crippen molar-refractivity contribution in [3.05, 3.63) is 163 Å². The van der Waals surface area contributed by atoms with E-state index in [4.69, 9.17) is 4.42 Å². The van der Waals surface area contributed by atoms with Crippen LogP contribution in [0.2, 0.25) is 0 Å². The number of para-hydroxylation sites is 3. The molecular formula is C48H35NO. The SMILES string of the molecule is CCCc1c(-c2cc3oc4c(-n5c6ccccc6c6ccccc65)cccc4c3cc2C)cccc1-c1cc2ccccc2c2ccccc12. The van der Waals surface area contributed by atoms with Crippen molar-refractivity contribution in [2.45, 2.75) is 26.7 Å². The molecule has 0 fully saturated rings. The zero-order valence-electron chi connectivity index (χ0n) is 28.2. The number of hydrogen-bond acceptors (Lipinski definition) is 1. The summed E-state index contributed by atoms with van der Waals surface area (Å²) in [6, 6.07) is 55.4. The molecule has 0 aliphatic carbocycles. The highest BCUT2D eigenvalue weighted by atomic mass is 16.3. The van der Waals surface area contributed by atoms with Gasteiger partial charge in [-0.1, -0.05) is 129 Å². The van der Waals surface area contributed by atoms with Crippen LogP contribution in [0.15, 0.2) is 156 Å². The fraction of sp³-hybridized carbons (Fsp3) is 0.0833. The molecule has 50 heavy (non-hydrogen) atoms. The first kappa shape index (κ1) is 28.9. The second kappa shape index (κ2) is 11.2. The summed E-state index contributed by atoms with van der Waals surface area (Å²) < 4.78 is 9.28. The first-order valence-corrected chi connectivity index (χ1v) is 17.7. The van der Waals surface area contributed by atoms with Crippen LogP contribution in [0.3, 0.4) is 0 Å². The lowest BCUT2D eigenvalue weighted by atomic mass is 9.85. The Morgan fingerprint density at radius 2 is 1.08 bits per heavy atom. The van der Waals surface area contributed by atoms with Crippen LogP contribution in [0.25, 0.3) is 93.2 Å². The van der Waals surface area contributed by atoms with Crippen molar-refractivity contribution >= 4 is 65.3 Å². The van der Waals surface area contributed by atoms with Gasteiger partial charge in [0.15, 0.2) is 5.58 Å². The summed E-state index contributed by atoms with van der Waals surface area (Å²) in [5, 5.41) is 9.94. The van der Waals surface area contributed by atoms with Crippen LogP contribution in [0.5, 0.6) is 0 Å². The highest BCUT2D eigenvalue weighted by molar-refractivity contribution is 6.15. The van der Waals surface area contributed by atoms with E-state index in [-0.39, 0.29) is 0 Å². The van der Waals surface area contributed by atoms with Crippen LogP contribution < -0.4 is 0 Å². The average molecular weight is 642 g/mol. The summed E-state index contributed by atoms with van der Waals surface area (Å²) in [5.41, 5.74) is 13.0. The van der Waals surface area contributed by atoms with Crippen LogP contribution in [-0.2, 0) is 6.42 Å². The maximum Gasteiger partial charge on any atom is 0.159 e. The third kappa shape index (κ3) is 4.21. The largest absolute Gasteiger partial charge is 0.454 e. The minimum absolute atomic E-state index is 0.913. The maximum atomic E-state index is 6.92. The lowest BCUT2D eigenvalue weighted by Crippen LogP contribution is -1.97. The van der Waals surface area contributed by atoms with E-state index >= 15 is 0 Å². The Kier molecular flexibility index (Phi) is 6.47. The number of nitrogens with zero attached hydrogens (tertiary/aromatic N) is 1. The molecule has 0 saturated heterocycles. The van der Waals surface area contributed by atoms with Crippen LogP contribution in [0, 0.1) is 6.92 Å². The van der Waals surface area contributed by atoms with Gasteiger partial charge in [-0.15, -0.1) is 0 Å². The normalized spacial score (nSPS) is 12.0. The van der Waals surface area contributed by atoms with Gasteiger partial charge in [-0.05, 0) is 105 Å². The molecule has 0 radical (unpaired) electrons. The van der Waals surface area contributed by atoms with Gasteiger partial charge in [0, 0.05) is 21.5 Å². The quantitative estimate of drug-likeness (QED) is 0.171. The van der Waals surface area contributed by atoms with Crippen molar-refractivity contribution in [2.24, 2.45) is 0 Å². The standard InChI is InChI=1S/C48H35NO/c1-3-14-33-35(21-12-22-37(33)42-28-31-15-4-5-16-32(31)34-17-6-7-18-36(34)42)41-29-47-43(27-30(41)2)40-23-13-26-46(48(40)50-47)49-44-24-10-8-19-38(44)39-20-9-11-25-45(39)49/h4-13,15-29H,3,14H2,1-2H3. The van der Waals surface area contributed by atoms with Gasteiger partial charge in [0.2, 0.25) is 0 Å². The zero-order chi connectivity index (χ0) is 33.3. The summed E-state index contributed by atoms with van der Waals surface area (Å²) in [6.07, 6.45) is 2.05. The second-order valence-electron chi connectivity index (χ2n) is 13.6. The van der Waals surface area contributed by atoms with Crippen molar-refractivity contribution in [3.8, 4) is 27.9 Å². The number of fused-ring (bicyclic) bond motifs is 9. The molecule has 2 heteroatoms. The Morgan fingerprint density at radius 1 is 0.480 bits per heavy atom. The molecule has 8 aromatic carbocycles. The number of rotatable bonds is 5. The molecule has 0 unspecified atom stereocenters. The molecule has 238 valence electrons. The Bertz CT molecular complexity index is 2900. The number of furan rings is 1. The smallest absolute Gasteiger partial charge is 0.159 e. The molecule has 10 rings (SSSR count). The minimum Gasteiger partial charge on any atom is -0.454 e. The highest BCUT2D eigenvalue weighted by Gasteiger charge is 2.20. The molecule has 10 aromatic rings. The van der Waals surface area contributed by atoms with E-state index in [1.165, 1.54) is 76.7 Å². The molecule has 0 aliphatic rings. The number of benzene rings is 8. The van der Waals surface area contributed by atoms with E-state index in [2.05, 4.69) is 170 Å². The van der Waals surface area contributed by atoms with E-state index < -0.39 is 0 Å².